The number of hydrogen-bond donors (Lipinski definition) is 2. The van der Waals surface area contributed by atoms with Crippen LogP contribution in [0.4, 0.5) is 16.3 Å². The molecule has 1 aromatic heterocycles. The molecule has 0 aliphatic carbocycles. The van der Waals surface area contributed by atoms with Crippen LogP contribution >= 0.6 is 11.6 Å². The standard InChI is InChI=1S/C26H28ClFN6/c27-20-8-5-18(6-9-20)11-14-34(17-19-7-10-24(28)23-4-2-1-3-22(19)23)21-12-15-33(16-13-21)26-30-25(29)31-32-26/h1-10,21H,11-17H2,(H3,29,30,31,32). The Balaban J connectivity index is 1.35. The summed E-state index contributed by atoms with van der Waals surface area (Å²) in [6, 6.07) is 19.7. The lowest BCUT2D eigenvalue weighted by atomic mass is 9.99. The minimum atomic E-state index is -0.175. The monoisotopic (exact) mass is 478 g/mol. The summed E-state index contributed by atoms with van der Waals surface area (Å²) in [5, 5.41) is 9.33. The highest BCUT2D eigenvalue weighted by molar-refractivity contribution is 6.30. The Morgan fingerprint density at radius 3 is 2.47 bits per heavy atom. The number of nitrogens with two attached hydrogens (primary N) is 1. The molecule has 0 atom stereocenters. The van der Waals surface area contributed by atoms with Crippen LogP contribution in [-0.2, 0) is 13.0 Å². The normalized spacial score (nSPS) is 14.9. The molecule has 3 aromatic carbocycles. The van der Waals surface area contributed by atoms with Crippen molar-refractivity contribution in [2.45, 2.75) is 31.8 Å². The molecule has 3 N–H and O–H groups in total. The zero-order chi connectivity index (χ0) is 23.5. The number of nitrogens with zero attached hydrogens (tertiary/aromatic N) is 4. The number of piperidine rings is 1. The Hall–Kier alpha value is -3.16. The van der Waals surface area contributed by atoms with Crippen LogP contribution < -0.4 is 10.6 Å². The maximum Gasteiger partial charge on any atom is 0.246 e. The lowest BCUT2D eigenvalue weighted by Gasteiger charge is -2.38. The van der Waals surface area contributed by atoms with E-state index in [4.69, 9.17) is 17.3 Å². The lowest BCUT2D eigenvalue weighted by Crippen LogP contribution is -2.45. The first-order chi connectivity index (χ1) is 16.6. The number of nitrogens with one attached hydrogen (secondary N) is 1. The third-order valence-electron chi connectivity index (χ3n) is 6.69. The van der Waals surface area contributed by atoms with E-state index in [2.05, 4.69) is 37.1 Å². The van der Waals surface area contributed by atoms with Gasteiger partial charge < -0.3 is 10.6 Å². The van der Waals surface area contributed by atoms with Crippen molar-refractivity contribution in [1.82, 2.24) is 20.1 Å². The highest BCUT2D eigenvalue weighted by Gasteiger charge is 2.27. The maximum absolute atomic E-state index is 14.4. The molecular weight excluding hydrogens is 451 g/mol. The molecule has 0 radical (unpaired) electrons. The van der Waals surface area contributed by atoms with Gasteiger partial charge in [0.05, 0.1) is 0 Å². The topological polar surface area (TPSA) is 74.1 Å². The molecule has 1 aliphatic rings. The summed E-state index contributed by atoms with van der Waals surface area (Å²) in [4.78, 5) is 8.99. The van der Waals surface area contributed by atoms with Gasteiger partial charge >= 0.3 is 0 Å². The van der Waals surface area contributed by atoms with Gasteiger partial charge in [0, 0.05) is 42.6 Å². The van der Waals surface area contributed by atoms with E-state index in [-0.39, 0.29) is 5.82 Å². The largest absolute Gasteiger partial charge is 0.368 e. The van der Waals surface area contributed by atoms with Crippen LogP contribution in [0.3, 0.4) is 0 Å². The van der Waals surface area contributed by atoms with E-state index >= 15 is 0 Å². The minimum absolute atomic E-state index is 0.175. The molecule has 1 saturated heterocycles. The number of nitrogen functional groups attached to an aromatic ring is 1. The molecule has 0 amide bonds. The second kappa shape index (κ2) is 9.99. The Morgan fingerprint density at radius 1 is 1.03 bits per heavy atom. The van der Waals surface area contributed by atoms with Crippen molar-refractivity contribution in [2.24, 2.45) is 0 Å². The Morgan fingerprint density at radius 2 is 1.76 bits per heavy atom. The number of halogens is 2. The fourth-order valence-electron chi connectivity index (χ4n) is 4.83. The second-order valence-electron chi connectivity index (χ2n) is 8.84. The number of aromatic nitrogens is 3. The summed E-state index contributed by atoms with van der Waals surface area (Å²) in [6.45, 7) is 3.41. The molecule has 5 rings (SSSR count). The van der Waals surface area contributed by atoms with E-state index < -0.39 is 0 Å². The number of aromatic amines is 1. The van der Waals surface area contributed by atoms with Crippen LogP contribution in [0, 0.1) is 5.82 Å². The van der Waals surface area contributed by atoms with Crippen LogP contribution in [-0.4, -0.2) is 45.8 Å². The summed E-state index contributed by atoms with van der Waals surface area (Å²) in [5.74, 6) is 0.823. The van der Waals surface area contributed by atoms with E-state index in [9.17, 15) is 4.39 Å². The van der Waals surface area contributed by atoms with Gasteiger partial charge in [0.1, 0.15) is 5.82 Å². The summed E-state index contributed by atoms with van der Waals surface area (Å²) in [7, 11) is 0. The first-order valence-corrected chi connectivity index (χ1v) is 12.0. The van der Waals surface area contributed by atoms with Gasteiger partial charge in [-0.25, -0.2) is 9.49 Å². The molecule has 0 spiro atoms. The molecule has 176 valence electrons. The van der Waals surface area contributed by atoms with Gasteiger partial charge in [-0.2, -0.15) is 4.98 Å². The minimum Gasteiger partial charge on any atom is -0.368 e. The molecule has 2 heterocycles. The fourth-order valence-corrected chi connectivity index (χ4v) is 4.96. The van der Waals surface area contributed by atoms with Crippen LogP contribution in [0.25, 0.3) is 10.8 Å². The SMILES string of the molecule is Nc1nc(N2CCC(N(CCc3ccc(Cl)cc3)Cc3ccc(F)c4ccccc34)CC2)n[nH]1. The molecule has 4 aromatic rings. The van der Waals surface area contributed by atoms with Gasteiger partial charge in [0.25, 0.3) is 0 Å². The molecule has 1 aliphatic heterocycles. The van der Waals surface area contributed by atoms with E-state index in [0.29, 0.717) is 23.3 Å². The highest BCUT2D eigenvalue weighted by atomic mass is 35.5. The lowest BCUT2D eigenvalue weighted by molar-refractivity contribution is 0.162. The highest BCUT2D eigenvalue weighted by Crippen LogP contribution is 2.27. The van der Waals surface area contributed by atoms with E-state index in [1.54, 1.807) is 6.07 Å². The van der Waals surface area contributed by atoms with E-state index in [1.807, 2.05) is 42.5 Å². The molecule has 0 unspecified atom stereocenters. The van der Waals surface area contributed by atoms with Crippen molar-refractivity contribution in [3.05, 3.63) is 82.6 Å². The Labute approximate surface area is 203 Å². The van der Waals surface area contributed by atoms with Crippen molar-refractivity contribution in [1.29, 1.82) is 0 Å². The molecular formula is C26H28ClFN6. The number of rotatable bonds is 7. The van der Waals surface area contributed by atoms with Crippen molar-refractivity contribution < 1.29 is 4.39 Å². The number of fused-ring (bicyclic) bond motifs is 1. The average molecular weight is 479 g/mol. The van der Waals surface area contributed by atoms with Gasteiger partial charge in [-0.1, -0.05) is 54.1 Å². The van der Waals surface area contributed by atoms with Crippen molar-refractivity contribution in [2.75, 3.05) is 30.3 Å². The average Bonchev–Trinajstić information content (AvgIpc) is 3.31. The van der Waals surface area contributed by atoms with Gasteiger partial charge in [0.2, 0.25) is 11.9 Å². The second-order valence-corrected chi connectivity index (χ2v) is 9.27. The quantitative estimate of drug-likeness (QED) is 0.389. The Kier molecular flexibility index (Phi) is 6.65. The molecule has 8 heteroatoms. The third kappa shape index (κ3) is 5.00. The van der Waals surface area contributed by atoms with Crippen LogP contribution in [0.1, 0.15) is 24.0 Å². The first kappa shape index (κ1) is 22.6. The number of H-pyrrole nitrogens is 1. The van der Waals surface area contributed by atoms with Crippen molar-refractivity contribution in [3.63, 3.8) is 0 Å². The number of hydrogen-bond acceptors (Lipinski definition) is 5. The molecule has 34 heavy (non-hydrogen) atoms. The predicted octanol–water partition coefficient (Wildman–Crippen LogP) is 5.05. The molecule has 0 saturated carbocycles. The van der Waals surface area contributed by atoms with E-state index in [1.165, 1.54) is 5.56 Å². The first-order valence-electron chi connectivity index (χ1n) is 11.6. The summed E-state index contributed by atoms with van der Waals surface area (Å²) < 4.78 is 14.4. The van der Waals surface area contributed by atoms with Gasteiger partial charge in [-0.05, 0) is 54.0 Å². The zero-order valence-corrected chi connectivity index (χ0v) is 19.7. The van der Waals surface area contributed by atoms with Gasteiger partial charge in [0.15, 0.2) is 0 Å². The number of anilines is 2. The van der Waals surface area contributed by atoms with Crippen LogP contribution in [0.2, 0.25) is 5.02 Å². The summed E-state index contributed by atoms with van der Waals surface area (Å²) in [6.07, 6.45) is 2.91. The molecule has 1 fully saturated rings. The zero-order valence-electron chi connectivity index (χ0n) is 18.9. The van der Waals surface area contributed by atoms with Gasteiger partial charge in [-0.3, -0.25) is 4.90 Å². The van der Waals surface area contributed by atoms with Crippen LogP contribution in [0.5, 0.6) is 0 Å². The van der Waals surface area contributed by atoms with E-state index in [0.717, 1.165) is 61.4 Å². The van der Waals surface area contributed by atoms with Crippen LogP contribution in [0.15, 0.2) is 60.7 Å². The Bertz CT molecular complexity index is 1250. The van der Waals surface area contributed by atoms with Crippen molar-refractivity contribution >= 4 is 34.3 Å². The van der Waals surface area contributed by atoms with Gasteiger partial charge in [-0.15, -0.1) is 5.10 Å². The summed E-state index contributed by atoms with van der Waals surface area (Å²) >= 11 is 6.07. The maximum atomic E-state index is 14.4. The predicted molar refractivity (Wildman–Crippen MR) is 136 cm³/mol. The number of benzene rings is 3. The smallest absolute Gasteiger partial charge is 0.246 e. The summed E-state index contributed by atoms with van der Waals surface area (Å²) in [5.41, 5.74) is 8.11. The fraction of sp³-hybridized carbons (Fsp3) is 0.308. The third-order valence-corrected chi connectivity index (χ3v) is 6.94. The molecule has 0 bridgehead atoms. The molecule has 6 nitrogen and oxygen atoms in total. The van der Waals surface area contributed by atoms with Crippen molar-refractivity contribution in [3.8, 4) is 0 Å².